The van der Waals surface area contributed by atoms with E-state index in [2.05, 4.69) is 65.8 Å². The van der Waals surface area contributed by atoms with Gasteiger partial charge in [0, 0.05) is 29.3 Å². The van der Waals surface area contributed by atoms with Gasteiger partial charge in [0.2, 0.25) is 0 Å². The van der Waals surface area contributed by atoms with E-state index in [0.29, 0.717) is 13.2 Å². The molecule has 3 rings (SSSR count). The molecule has 3 heterocycles. The zero-order valence-electron chi connectivity index (χ0n) is 25.5. The quantitative estimate of drug-likeness (QED) is 0.176. The second-order valence-electron chi connectivity index (χ2n) is 12.6. The molecule has 226 valence electrons. The molecule has 0 amide bonds. The molecule has 9 heteroatoms. The summed E-state index contributed by atoms with van der Waals surface area (Å²) in [6, 6.07) is 8.99. The molecule has 0 bridgehead atoms. The molecular weight excluding hydrogens is 577 g/mol. The maximum absolute atomic E-state index is 11.3. The number of rotatable bonds is 14. The Hall–Kier alpha value is -2.04. The number of aliphatic carboxylic acids is 2. The Morgan fingerprint density at radius 1 is 0.780 bits per heavy atom. The molecule has 6 nitrogen and oxygen atoms in total. The Balaban J connectivity index is 1.87. The average Bonchev–Trinajstić information content (AvgIpc) is 3.60. The summed E-state index contributed by atoms with van der Waals surface area (Å²) in [5, 5.41) is 18.2. The van der Waals surface area contributed by atoms with E-state index < -0.39 is 17.9 Å². The summed E-state index contributed by atoms with van der Waals surface area (Å²) in [5.74, 6) is -2.24. The third kappa shape index (κ3) is 9.22. The van der Waals surface area contributed by atoms with Crippen LogP contribution in [0.4, 0.5) is 0 Å². The van der Waals surface area contributed by atoms with Crippen LogP contribution in [0.25, 0.3) is 19.5 Å². The van der Waals surface area contributed by atoms with Gasteiger partial charge in [0.1, 0.15) is 0 Å². The second kappa shape index (κ2) is 14.0. The molecular formula is C32H44O6S3. The van der Waals surface area contributed by atoms with Gasteiger partial charge >= 0.3 is 11.9 Å². The number of carbonyl (C=O) groups is 2. The lowest BCUT2D eigenvalue weighted by Gasteiger charge is -2.17. The van der Waals surface area contributed by atoms with Gasteiger partial charge in [-0.25, -0.2) is 0 Å². The van der Waals surface area contributed by atoms with Crippen molar-refractivity contribution in [3.05, 3.63) is 45.1 Å². The highest BCUT2D eigenvalue weighted by Crippen LogP contribution is 2.46. The van der Waals surface area contributed by atoms with Gasteiger partial charge in [0.15, 0.2) is 0 Å². The van der Waals surface area contributed by atoms with Crippen molar-refractivity contribution in [2.24, 2.45) is 5.92 Å². The first-order chi connectivity index (χ1) is 19.1. The first kappa shape index (κ1) is 33.5. The number of hydrogen-bond donors (Lipinski definition) is 2. The molecule has 0 radical (unpaired) electrons. The average molecular weight is 621 g/mol. The maximum Gasteiger partial charge on any atom is 0.308 e. The second-order valence-corrected chi connectivity index (χ2v) is 15.7. The summed E-state index contributed by atoms with van der Waals surface area (Å²) in [7, 11) is 0. The van der Waals surface area contributed by atoms with Crippen LogP contribution in [0.15, 0.2) is 24.3 Å². The lowest BCUT2D eigenvalue weighted by molar-refractivity contribution is -0.146. The molecule has 0 aliphatic rings. The Labute approximate surface area is 256 Å². The van der Waals surface area contributed by atoms with Gasteiger partial charge in [0.05, 0.1) is 38.3 Å². The van der Waals surface area contributed by atoms with Crippen LogP contribution in [0.5, 0.6) is 0 Å². The van der Waals surface area contributed by atoms with Crippen molar-refractivity contribution in [3.8, 4) is 19.5 Å². The van der Waals surface area contributed by atoms with Crippen molar-refractivity contribution in [2.45, 2.75) is 91.6 Å². The molecule has 0 saturated heterocycles. The molecule has 0 aliphatic carbocycles. The fraction of sp³-hybridized carbons (Fsp3) is 0.562. The van der Waals surface area contributed by atoms with Crippen molar-refractivity contribution in [3.63, 3.8) is 0 Å². The molecule has 0 spiro atoms. The molecule has 2 unspecified atom stereocenters. The lowest BCUT2D eigenvalue weighted by Crippen LogP contribution is -2.26. The third-order valence-electron chi connectivity index (χ3n) is 6.97. The minimum atomic E-state index is -0.846. The van der Waals surface area contributed by atoms with Crippen molar-refractivity contribution in [1.29, 1.82) is 0 Å². The predicted molar refractivity (Wildman–Crippen MR) is 171 cm³/mol. The summed E-state index contributed by atoms with van der Waals surface area (Å²) in [6.45, 7) is 18.0. The van der Waals surface area contributed by atoms with Crippen LogP contribution in [0.1, 0.15) is 82.7 Å². The van der Waals surface area contributed by atoms with Gasteiger partial charge in [-0.15, -0.1) is 34.0 Å². The fourth-order valence-electron chi connectivity index (χ4n) is 4.11. The number of carboxylic acid groups (broad SMARTS) is 2. The minimum absolute atomic E-state index is 0.0141. The predicted octanol–water partition coefficient (Wildman–Crippen LogP) is 8.50. The highest BCUT2D eigenvalue weighted by Gasteiger charge is 2.25. The first-order valence-electron chi connectivity index (χ1n) is 14.1. The van der Waals surface area contributed by atoms with Crippen LogP contribution in [-0.2, 0) is 42.7 Å². The number of carboxylic acids is 2. The van der Waals surface area contributed by atoms with Crippen molar-refractivity contribution >= 4 is 45.9 Å². The highest BCUT2D eigenvalue weighted by molar-refractivity contribution is 7.26. The molecule has 41 heavy (non-hydrogen) atoms. The monoisotopic (exact) mass is 620 g/mol. The molecule has 3 aromatic heterocycles. The Bertz CT molecular complexity index is 1320. The van der Waals surface area contributed by atoms with Crippen molar-refractivity contribution in [2.75, 3.05) is 19.8 Å². The number of thiophene rings is 3. The SMILES string of the molecule is CC(OCCc1cc(C(C)(C)C)sc1-c1ccc(-c2sc(C(C)(C)C)cc2CCOCCC(=O)O)s1)C(C)C(=O)O. The third-order valence-corrected chi connectivity index (χ3v) is 11.6. The van der Waals surface area contributed by atoms with Crippen LogP contribution in [0, 0.1) is 5.92 Å². The summed E-state index contributed by atoms with van der Waals surface area (Å²) < 4.78 is 11.6. The number of hydrogen-bond acceptors (Lipinski definition) is 7. The van der Waals surface area contributed by atoms with E-state index >= 15 is 0 Å². The van der Waals surface area contributed by atoms with Crippen LogP contribution >= 0.6 is 34.0 Å². The van der Waals surface area contributed by atoms with Crippen LogP contribution in [-0.4, -0.2) is 48.1 Å². The minimum Gasteiger partial charge on any atom is -0.481 e. The van der Waals surface area contributed by atoms with Crippen LogP contribution in [0.3, 0.4) is 0 Å². The van der Waals surface area contributed by atoms with Gasteiger partial charge < -0.3 is 19.7 Å². The van der Waals surface area contributed by atoms with E-state index in [1.165, 1.54) is 40.4 Å². The highest BCUT2D eigenvalue weighted by atomic mass is 32.1. The molecule has 0 fully saturated rings. The summed E-state index contributed by atoms with van der Waals surface area (Å²) >= 11 is 5.45. The van der Waals surface area contributed by atoms with E-state index in [9.17, 15) is 14.7 Å². The maximum atomic E-state index is 11.3. The van der Waals surface area contributed by atoms with E-state index in [-0.39, 0.29) is 30.0 Å². The molecule has 3 aromatic rings. The topological polar surface area (TPSA) is 93.1 Å². The molecule has 0 aromatic carbocycles. The Morgan fingerprint density at radius 3 is 1.71 bits per heavy atom. The zero-order valence-corrected chi connectivity index (χ0v) is 27.9. The zero-order chi connectivity index (χ0) is 30.5. The van der Waals surface area contributed by atoms with Crippen molar-refractivity contribution in [1.82, 2.24) is 0 Å². The molecule has 0 saturated carbocycles. The van der Waals surface area contributed by atoms with Crippen molar-refractivity contribution < 1.29 is 29.3 Å². The standard InChI is InChI=1S/C32H44O6S3/c1-19(30(35)36)20(2)38-16-12-22-18-26(32(6,7)8)41-29(22)24-10-9-23(39-24)28-21(11-14-37-15-13-27(33)34)17-25(40-28)31(3,4)5/h9-10,17-20H,11-16H2,1-8H3,(H,33,34)(H,35,36). The summed E-state index contributed by atoms with van der Waals surface area (Å²) in [5.41, 5.74) is 2.52. The smallest absolute Gasteiger partial charge is 0.308 e. The lowest BCUT2D eigenvalue weighted by atomic mass is 9.93. The Kier molecular flexibility index (Phi) is 11.4. The van der Waals surface area contributed by atoms with Crippen LogP contribution in [0.2, 0.25) is 0 Å². The Morgan fingerprint density at radius 2 is 1.27 bits per heavy atom. The van der Waals surface area contributed by atoms with E-state index in [4.69, 9.17) is 14.6 Å². The van der Waals surface area contributed by atoms with Gasteiger partial charge in [-0.05, 0) is 72.9 Å². The van der Waals surface area contributed by atoms with E-state index in [0.717, 1.165) is 12.8 Å². The molecule has 0 aliphatic heterocycles. The number of ether oxygens (including phenoxy) is 2. The molecule has 2 atom stereocenters. The van der Waals surface area contributed by atoms with Gasteiger partial charge in [0.25, 0.3) is 0 Å². The molecule has 2 N–H and O–H groups in total. The first-order valence-corrected chi connectivity index (χ1v) is 16.5. The summed E-state index contributed by atoms with van der Waals surface area (Å²) in [6.07, 6.45) is 1.11. The van der Waals surface area contributed by atoms with Crippen LogP contribution < -0.4 is 0 Å². The normalized spacial score (nSPS) is 13.9. The fourth-order valence-corrected chi connectivity index (χ4v) is 7.94. The largest absolute Gasteiger partial charge is 0.481 e. The van der Waals surface area contributed by atoms with Gasteiger partial charge in [-0.3, -0.25) is 9.59 Å². The summed E-state index contributed by atoms with van der Waals surface area (Å²) in [4.78, 5) is 29.7. The van der Waals surface area contributed by atoms with Gasteiger partial charge in [-0.2, -0.15) is 0 Å². The van der Waals surface area contributed by atoms with E-state index in [1.807, 2.05) is 29.6 Å². The van der Waals surface area contributed by atoms with E-state index in [1.54, 1.807) is 18.3 Å². The van der Waals surface area contributed by atoms with Gasteiger partial charge in [-0.1, -0.05) is 41.5 Å².